The van der Waals surface area contributed by atoms with Crippen LogP contribution >= 0.6 is 11.6 Å². The fraction of sp³-hybridized carbons (Fsp3) is 0.0588. The Morgan fingerprint density at radius 2 is 2.00 bits per heavy atom. The fourth-order valence-corrected chi connectivity index (χ4v) is 2.27. The van der Waals surface area contributed by atoms with Crippen molar-refractivity contribution in [1.29, 1.82) is 0 Å². The second kappa shape index (κ2) is 6.03. The molecule has 1 N–H and O–H groups in total. The molecule has 0 bridgehead atoms. The monoisotopic (exact) mass is 312 g/mol. The van der Waals surface area contributed by atoms with Crippen molar-refractivity contribution in [3.05, 3.63) is 59.2 Å². The second-order valence-corrected chi connectivity index (χ2v) is 5.03. The Bertz CT molecular complexity index is 862. The van der Waals surface area contributed by atoms with Crippen molar-refractivity contribution in [3.8, 4) is 11.5 Å². The lowest BCUT2D eigenvalue weighted by atomic mass is 10.1. The number of ether oxygens (including phenoxy) is 1. The number of phenolic OH excluding ortho intramolecular Hbond substituents is 1. The molecule has 1 aromatic heterocycles. The molecule has 22 heavy (non-hydrogen) atoms. The summed E-state index contributed by atoms with van der Waals surface area (Å²) in [6.07, 6.45) is 1.59. The molecule has 0 aliphatic carbocycles. The molecule has 0 radical (unpaired) electrons. The van der Waals surface area contributed by atoms with Gasteiger partial charge >= 0.3 is 0 Å². The molecular weight excluding hydrogens is 300 g/mol. The van der Waals surface area contributed by atoms with E-state index in [-0.39, 0.29) is 5.75 Å². The average Bonchev–Trinajstić information content (AvgIpc) is 2.54. The fourth-order valence-electron chi connectivity index (χ4n) is 2.08. The molecule has 0 spiro atoms. The zero-order chi connectivity index (χ0) is 15.5. The Morgan fingerprint density at radius 3 is 2.77 bits per heavy atom. The van der Waals surface area contributed by atoms with Crippen molar-refractivity contribution in [3.63, 3.8) is 0 Å². The molecule has 0 saturated heterocycles. The number of pyridine rings is 1. The zero-order valence-electron chi connectivity index (χ0n) is 11.8. The minimum absolute atomic E-state index is 0.116. The lowest BCUT2D eigenvalue weighted by molar-refractivity contribution is 0.415. The third-order valence-electron chi connectivity index (χ3n) is 3.23. The number of methoxy groups -OCH3 is 1. The van der Waals surface area contributed by atoms with Gasteiger partial charge < -0.3 is 9.84 Å². The van der Waals surface area contributed by atoms with E-state index in [1.807, 2.05) is 24.3 Å². The standard InChI is InChI=1S/C17H13ClN2O2/c1-22-13-6-7-14-11(9-13)8-12(17(18)20-14)10-19-15-4-2-3-5-16(15)21/h2-10,21H,1H3. The molecule has 1 heterocycles. The summed E-state index contributed by atoms with van der Waals surface area (Å²) in [5.41, 5.74) is 1.93. The van der Waals surface area contributed by atoms with E-state index in [2.05, 4.69) is 9.98 Å². The lowest BCUT2D eigenvalue weighted by Gasteiger charge is -2.05. The number of halogens is 1. The van der Waals surface area contributed by atoms with Crippen molar-refractivity contribution >= 4 is 34.4 Å². The lowest BCUT2D eigenvalue weighted by Crippen LogP contribution is -1.90. The van der Waals surface area contributed by atoms with Crippen LogP contribution in [0.1, 0.15) is 5.56 Å². The quantitative estimate of drug-likeness (QED) is 0.577. The third-order valence-corrected chi connectivity index (χ3v) is 3.53. The summed E-state index contributed by atoms with van der Waals surface area (Å²) in [5, 5.41) is 11.0. The van der Waals surface area contributed by atoms with E-state index in [1.165, 1.54) is 0 Å². The predicted octanol–water partition coefficient (Wildman–Crippen LogP) is 4.35. The molecule has 2 aromatic carbocycles. The predicted molar refractivity (Wildman–Crippen MR) is 88.7 cm³/mol. The summed E-state index contributed by atoms with van der Waals surface area (Å²) in [6.45, 7) is 0. The molecule has 0 unspecified atom stereocenters. The van der Waals surface area contributed by atoms with E-state index in [9.17, 15) is 5.11 Å². The van der Waals surface area contributed by atoms with Gasteiger partial charge in [0.05, 0.1) is 12.6 Å². The number of aromatic hydroxyl groups is 1. The first-order valence-corrected chi connectivity index (χ1v) is 7.01. The van der Waals surface area contributed by atoms with Gasteiger partial charge in [-0.3, -0.25) is 4.99 Å². The average molecular weight is 313 g/mol. The van der Waals surface area contributed by atoms with E-state index >= 15 is 0 Å². The number of hydrogen-bond donors (Lipinski definition) is 1. The maximum atomic E-state index is 9.72. The Morgan fingerprint density at radius 1 is 1.18 bits per heavy atom. The van der Waals surface area contributed by atoms with Crippen LogP contribution in [0.2, 0.25) is 5.15 Å². The Balaban J connectivity index is 2.03. The van der Waals surface area contributed by atoms with E-state index < -0.39 is 0 Å². The maximum absolute atomic E-state index is 9.72. The molecule has 0 aliphatic heterocycles. The van der Waals surface area contributed by atoms with E-state index in [1.54, 1.807) is 37.6 Å². The largest absolute Gasteiger partial charge is 0.506 e. The summed E-state index contributed by atoms with van der Waals surface area (Å²) in [5.74, 6) is 0.866. The van der Waals surface area contributed by atoms with Gasteiger partial charge in [-0.25, -0.2) is 4.98 Å². The second-order valence-electron chi connectivity index (χ2n) is 4.67. The van der Waals surface area contributed by atoms with Crippen LogP contribution in [-0.2, 0) is 0 Å². The van der Waals surface area contributed by atoms with Crippen LogP contribution in [0.15, 0.2) is 53.5 Å². The summed E-state index contributed by atoms with van der Waals surface area (Å²) < 4.78 is 5.21. The number of para-hydroxylation sites is 2. The number of aliphatic imine (C=N–C) groups is 1. The van der Waals surface area contributed by atoms with E-state index in [0.29, 0.717) is 16.4 Å². The highest BCUT2D eigenvalue weighted by molar-refractivity contribution is 6.32. The first-order chi connectivity index (χ1) is 10.7. The van der Waals surface area contributed by atoms with Crippen molar-refractivity contribution in [2.75, 3.05) is 7.11 Å². The molecule has 3 aromatic rings. The van der Waals surface area contributed by atoms with Crippen LogP contribution in [0, 0.1) is 0 Å². The first-order valence-electron chi connectivity index (χ1n) is 6.64. The van der Waals surface area contributed by atoms with Gasteiger partial charge in [0, 0.05) is 17.2 Å². The van der Waals surface area contributed by atoms with Gasteiger partial charge in [-0.1, -0.05) is 23.7 Å². The molecule has 0 aliphatic rings. The maximum Gasteiger partial charge on any atom is 0.141 e. The van der Waals surface area contributed by atoms with E-state index in [4.69, 9.17) is 16.3 Å². The number of aromatic nitrogens is 1. The molecular formula is C17H13ClN2O2. The van der Waals surface area contributed by atoms with Crippen LogP contribution in [0.5, 0.6) is 11.5 Å². The summed E-state index contributed by atoms with van der Waals surface area (Å²) in [7, 11) is 1.62. The van der Waals surface area contributed by atoms with Gasteiger partial charge in [-0.15, -0.1) is 0 Å². The molecule has 3 rings (SSSR count). The number of phenols is 1. The smallest absolute Gasteiger partial charge is 0.141 e. The minimum Gasteiger partial charge on any atom is -0.506 e. The third kappa shape index (κ3) is 2.87. The molecule has 0 atom stereocenters. The van der Waals surface area contributed by atoms with Crippen molar-refractivity contribution in [2.24, 2.45) is 4.99 Å². The highest BCUT2D eigenvalue weighted by Gasteiger charge is 2.05. The first kappa shape index (κ1) is 14.4. The van der Waals surface area contributed by atoms with Crippen LogP contribution < -0.4 is 4.74 Å². The van der Waals surface area contributed by atoms with Gasteiger partial charge in [-0.2, -0.15) is 0 Å². The minimum atomic E-state index is 0.116. The Hall–Kier alpha value is -2.59. The van der Waals surface area contributed by atoms with Crippen LogP contribution in [0.3, 0.4) is 0 Å². The molecule has 0 amide bonds. The van der Waals surface area contributed by atoms with Gasteiger partial charge in [0.25, 0.3) is 0 Å². The highest BCUT2D eigenvalue weighted by atomic mass is 35.5. The SMILES string of the molecule is COc1ccc2nc(Cl)c(C=Nc3ccccc3O)cc2c1. The van der Waals surface area contributed by atoms with Gasteiger partial charge in [0.2, 0.25) is 0 Å². The van der Waals surface area contributed by atoms with Crippen molar-refractivity contribution in [2.45, 2.75) is 0 Å². The number of hydrogen-bond acceptors (Lipinski definition) is 4. The molecule has 4 nitrogen and oxygen atoms in total. The molecule has 110 valence electrons. The zero-order valence-corrected chi connectivity index (χ0v) is 12.6. The summed E-state index contributed by atoms with van der Waals surface area (Å²) >= 11 is 6.19. The normalized spacial score (nSPS) is 11.2. The van der Waals surface area contributed by atoms with E-state index in [0.717, 1.165) is 16.7 Å². The van der Waals surface area contributed by atoms with Crippen LogP contribution in [-0.4, -0.2) is 23.4 Å². The highest BCUT2D eigenvalue weighted by Crippen LogP contribution is 2.27. The van der Waals surface area contributed by atoms with Crippen molar-refractivity contribution in [1.82, 2.24) is 4.98 Å². The number of nitrogens with zero attached hydrogens (tertiary/aromatic N) is 2. The van der Waals surface area contributed by atoms with Crippen LogP contribution in [0.25, 0.3) is 10.9 Å². The summed E-state index contributed by atoms with van der Waals surface area (Å²) in [4.78, 5) is 8.60. The number of benzene rings is 2. The topological polar surface area (TPSA) is 54.7 Å². The van der Waals surface area contributed by atoms with Crippen molar-refractivity contribution < 1.29 is 9.84 Å². The molecule has 0 saturated carbocycles. The number of fused-ring (bicyclic) bond motifs is 1. The van der Waals surface area contributed by atoms with Gasteiger partial charge in [-0.05, 0) is 36.4 Å². The van der Waals surface area contributed by atoms with Gasteiger partial charge in [0.15, 0.2) is 0 Å². The Kier molecular flexibility index (Phi) is 3.94. The van der Waals surface area contributed by atoms with Gasteiger partial charge in [0.1, 0.15) is 22.3 Å². The Labute approximate surface area is 132 Å². The molecule has 0 fully saturated rings. The number of rotatable bonds is 3. The van der Waals surface area contributed by atoms with Crippen LogP contribution in [0.4, 0.5) is 5.69 Å². The molecule has 5 heteroatoms. The summed E-state index contributed by atoms with van der Waals surface area (Å²) in [6, 6.07) is 14.3.